The zero-order valence-electron chi connectivity index (χ0n) is 21.2. The Morgan fingerprint density at radius 3 is 2.16 bits per heavy atom. The molecule has 0 saturated carbocycles. The molecule has 37 heavy (non-hydrogen) atoms. The van der Waals surface area contributed by atoms with Gasteiger partial charge in [-0.2, -0.15) is 0 Å². The number of nitrogens with zero attached hydrogens (tertiary/aromatic N) is 1. The van der Waals surface area contributed by atoms with Crippen LogP contribution in [0.5, 0.6) is 0 Å². The van der Waals surface area contributed by atoms with Crippen LogP contribution in [0.1, 0.15) is 48.8 Å². The van der Waals surface area contributed by atoms with Crippen molar-refractivity contribution < 1.29 is 9.59 Å². The molecular weight excluding hydrogens is 480 g/mol. The van der Waals surface area contributed by atoms with E-state index in [1.165, 1.54) is 18.4 Å². The van der Waals surface area contributed by atoms with Crippen molar-refractivity contribution in [2.75, 3.05) is 6.54 Å². The van der Waals surface area contributed by atoms with Crippen LogP contribution in [-0.2, 0) is 29.0 Å². The largest absolute Gasteiger partial charge is 0.354 e. The number of hydrogen-bond acceptors (Lipinski definition) is 2. The summed E-state index contributed by atoms with van der Waals surface area (Å²) >= 11 is 6.05. The summed E-state index contributed by atoms with van der Waals surface area (Å²) in [6.45, 7) is 0.948. The predicted octanol–water partition coefficient (Wildman–Crippen LogP) is 6.53. The molecule has 4 rings (SSSR count). The Morgan fingerprint density at radius 2 is 1.51 bits per heavy atom. The fourth-order valence-corrected chi connectivity index (χ4v) is 4.93. The molecule has 192 valence electrons. The van der Waals surface area contributed by atoms with Crippen molar-refractivity contribution in [3.05, 3.63) is 118 Å². The van der Waals surface area contributed by atoms with Crippen molar-refractivity contribution in [3.63, 3.8) is 0 Å². The van der Waals surface area contributed by atoms with Crippen LogP contribution in [0.25, 0.3) is 0 Å². The first-order valence-electron chi connectivity index (χ1n) is 13.2. The van der Waals surface area contributed by atoms with E-state index in [1.54, 1.807) is 17.0 Å². The number of carbonyl (C=O) groups is 2. The van der Waals surface area contributed by atoms with E-state index in [1.807, 2.05) is 72.8 Å². The molecule has 1 atom stereocenters. The van der Waals surface area contributed by atoms with Gasteiger partial charge in [0.05, 0.1) is 6.42 Å². The van der Waals surface area contributed by atoms with Crippen LogP contribution in [0.3, 0.4) is 0 Å². The van der Waals surface area contributed by atoms with Crippen molar-refractivity contribution in [1.29, 1.82) is 0 Å². The van der Waals surface area contributed by atoms with Crippen LogP contribution in [0.4, 0.5) is 0 Å². The topological polar surface area (TPSA) is 49.4 Å². The molecule has 0 bridgehead atoms. The number of rotatable bonds is 11. The second-order valence-electron chi connectivity index (χ2n) is 9.67. The summed E-state index contributed by atoms with van der Waals surface area (Å²) in [4.78, 5) is 29.2. The average Bonchev–Trinajstić information content (AvgIpc) is 2.93. The van der Waals surface area contributed by atoms with E-state index in [0.717, 1.165) is 36.0 Å². The Balaban J connectivity index is 1.57. The minimum Gasteiger partial charge on any atom is -0.354 e. The lowest BCUT2D eigenvalue weighted by Gasteiger charge is -2.32. The molecular formula is C32H35ClN2O2. The molecule has 3 aromatic carbocycles. The first-order valence-corrected chi connectivity index (χ1v) is 13.5. The molecule has 1 aliphatic rings. The standard InChI is InChI=1S/C32H35ClN2O2/c33-29-18-16-27(17-19-29)23-31(36)35(24-28-14-8-3-9-15-28)30(22-26-12-6-2-7-13-26)32(37)34-21-20-25-10-4-1-5-11-25/h2-3,6-10,12-19,30H,1,4-5,11,20-24H2,(H,34,37)/t30-/m0/s1. The average molecular weight is 515 g/mol. The minimum atomic E-state index is -0.622. The number of carbonyl (C=O) groups excluding carboxylic acids is 2. The normalized spacial score (nSPS) is 13.9. The zero-order valence-corrected chi connectivity index (χ0v) is 22.0. The molecule has 0 fully saturated rings. The van der Waals surface area contributed by atoms with Crippen LogP contribution < -0.4 is 5.32 Å². The van der Waals surface area contributed by atoms with Crippen molar-refractivity contribution in [2.24, 2.45) is 0 Å². The predicted molar refractivity (Wildman–Crippen MR) is 150 cm³/mol. The number of nitrogens with one attached hydrogen (secondary N) is 1. The van der Waals surface area contributed by atoms with Gasteiger partial charge in [-0.05, 0) is 60.9 Å². The van der Waals surface area contributed by atoms with E-state index in [4.69, 9.17) is 11.6 Å². The number of hydrogen-bond donors (Lipinski definition) is 1. The van der Waals surface area contributed by atoms with Crippen LogP contribution in [0.2, 0.25) is 5.02 Å². The van der Waals surface area contributed by atoms with E-state index in [-0.39, 0.29) is 18.2 Å². The van der Waals surface area contributed by atoms with Crippen molar-refractivity contribution in [2.45, 2.75) is 57.5 Å². The van der Waals surface area contributed by atoms with Crippen LogP contribution >= 0.6 is 11.6 Å². The SMILES string of the molecule is O=C(NCCC1=CCCCC1)[C@H](Cc1ccccc1)N(Cc1ccccc1)C(=O)Cc1ccc(Cl)cc1. The Kier molecular flexibility index (Phi) is 9.96. The minimum absolute atomic E-state index is 0.0859. The summed E-state index contributed by atoms with van der Waals surface area (Å²) in [6, 6.07) is 26.5. The lowest BCUT2D eigenvalue weighted by atomic mass is 9.97. The van der Waals surface area contributed by atoms with Gasteiger partial charge in [0.25, 0.3) is 0 Å². The highest BCUT2D eigenvalue weighted by Gasteiger charge is 2.30. The van der Waals surface area contributed by atoms with Gasteiger partial charge in [0.15, 0.2) is 0 Å². The van der Waals surface area contributed by atoms with Gasteiger partial charge in [-0.3, -0.25) is 9.59 Å². The van der Waals surface area contributed by atoms with E-state index < -0.39 is 6.04 Å². The van der Waals surface area contributed by atoms with Gasteiger partial charge in [0, 0.05) is 24.5 Å². The fourth-order valence-electron chi connectivity index (χ4n) is 4.81. The zero-order chi connectivity index (χ0) is 25.9. The molecule has 5 heteroatoms. The van der Waals surface area contributed by atoms with E-state index in [2.05, 4.69) is 11.4 Å². The van der Waals surface area contributed by atoms with Crippen LogP contribution in [-0.4, -0.2) is 29.3 Å². The fraction of sp³-hybridized carbons (Fsp3) is 0.312. The highest BCUT2D eigenvalue weighted by molar-refractivity contribution is 6.30. The third kappa shape index (κ3) is 8.33. The Morgan fingerprint density at radius 1 is 0.838 bits per heavy atom. The highest BCUT2D eigenvalue weighted by Crippen LogP contribution is 2.20. The number of benzene rings is 3. The first kappa shape index (κ1) is 26.7. The van der Waals surface area contributed by atoms with Crippen LogP contribution in [0.15, 0.2) is 96.6 Å². The number of halogens is 1. The molecule has 1 aliphatic carbocycles. The van der Waals surface area contributed by atoms with Crippen molar-refractivity contribution in [3.8, 4) is 0 Å². The maximum absolute atomic E-state index is 13.8. The monoisotopic (exact) mass is 514 g/mol. The Bertz CT molecular complexity index is 1180. The summed E-state index contributed by atoms with van der Waals surface area (Å²) in [7, 11) is 0. The molecule has 0 aliphatic heterocycles. The molecule has 0 aromatic heterocycles. The van der Waals surface area contributed by atoms with Crippen molar-refractivity contribution >= 4 is 23.4 Å². The molecule has 4 nitrogen and oxygen atoms in total. The maximum atomic E-state index is 13.8. The summed E-state index contributed by atoms with van der Waals surface area (Å²) in [5.41, 5.74) is 4.31. The first-order chi connectivity index (χ1) is 18.1. The van der Waals surface area contributed by atoms with Crippen molar-refractivity contribution in [1.82, 2.24) is 10.2 Å². The summed E-state index contributed by atoms with van der Waals surface area (Å²) in [5.74, 6) is -0.196. The van der Waals surface area contributed by atoms with Gasteiger partial charge < -0.3 is 10.2 Å². The Hall–Kier alpha value is -3.37. The van der Waals surface area contributed by atoms with Gasteiger partial charge in [0.1, 0.15) is 6.04 Å². The lowest BCUT2D eigenvalue weighted by molar-refractivity contribution is -0.140. The lowest BCUT2D eigenvalue weighted by Crippen LogP contribution is -2.51. The van der Waals surface area contributed by atoms with Gasteiger partial charge in [0.2, 0.25) is 11.8 Å². The molecule has 0 saturated heterocycles. The van der Waals surface area contributed by atoms with Gasteiger partial charge >= 0.3 is 0 Å². The number of allylic oxidation sites excluding steroid dienone is 1. The van der Waals surface area contributed by atoms with E-state index >= 15 is 0 Å². The molecule has 0 radical (unpaired) electrons. The second-order valence-corrected chi connectivity index (χ2v) is 10.1. The Labute approximate surface area is 225 Å². The van der Waals surface area contributed by atoms with Gasteiger partial charge in [-0.25, -0.2) is 0 Å². The highest BCUT2D eigenvalue weighted by atomic mass is 35.5. The van der Waals surface area contributed by atoms with Gasteiger partial charge in [-0.1, -0.05) is 96.0 Å². The molecule has 0 heterocycles. The summed E-state index contributed by atoms with van der Waals surface area (Å²) in [6.07, 6.45) is 8.55. The molecule has 1 N–H and O–H groups in total. The molecule has 0 unspecified atom stereocenters. The van der Waals surface area contributed by atoms with E-state index in [9.17, 15) is 9.59 Å². The van der Waals surface area contributed by atoms with Crippen LogP contribution in [0, 0.1) is 0 Å². The van der Waals surface area contributed by atoms with E-state index in [0.29, 0.717) is 24.5 Å². The second kappa shape index (κ2) is 13.8. The summed E-state index contributed by atoms with van der Waals surface area (Å²) < 4.78 is 0. The third-order valence-corrected chi connectivity index (χ3v) is 7.12. The smallest absolute Gasteiger partial charge is 0.243 e. The third-order valence-electron chi connectivity index (χ3n) is 6.87. The summed E-state index contributed by atoms with van der Waals surface area (Å²) in [5, 5.41) is 3.78. The quantitative estimate of drug-likeness (QED) is 0.296. The maximum Gasteiger partial charge on any atom is 0.243 e. The van der Waals surface area contributed by atoms with Gasteiger partial charge in [-0.15, -0.1) is 0 Å². The number of amides is 2. The molecule has 0 spiro atoms. The molecule has 3 aromatic rings. The molecule has 2 amide bonds.